The highest BCUT2D eigenvalue weighted by molar-refractivity contribution is 5.67. The van der Waals surface area contributed by atoms with Gasteiger partial charge in [0, 0.05) is 107 Å². The number of hydrogen-bond donors (Lipinski definition) is 0. The molecular formula is C56H68N2O16. The number of non-ortho nitro benzene ring substituents is 2. The van der Waals surface area contributed by atoms with Crippen LogP contribution in [0.4, 0.5) is 11.4 Å². The largest absolute Gasteiger partial charge is 0.496 e. The van der Waals surface area contributed by atoms with Gasteiger partial charge < -0.3 is 56.8 Å². The van der Waals surface area contributed by atoms with E-state index in [-0.39, 0.29) is 11.4 Å². The molecule has 0 aliphatic heterocycles. The van der Waals surface area contributed by atoms with E-state index in [1.807, 2.05) is 0 Å². The van der Waals surface area contributed by atoms with Crippen molar-refractivity contribution in [1.82, 2.24) is 0 Å². The lowest BCUT2D eigenvalue weighted by molar-refractivity contribution is -0.385. The summed E-state index contributed by atoms with van der Waals surface area (Å²) in [6.07, 6.45) is 5.54. The molecule has 0 spiro atoms. The van der Waals surface area contributed by atoms with Crippen LogP contribution in [-0.4, -0.2) is 95.2 Å². The first-order valence-electron chi connectivity index (χ1n) is 23.4. The number of nitrogens with zero attached hydrogens (tertiary/aromatic N) is 2. The van der Waals surface area contributed by atoms with E-state index in [4.69, 9.17) is 56.8 Å². The number of nitro benzene ring substituents is 2. The van der Waals surface area contributed by atoms with Crippen LogP contribution < -0.4 is 56.8 Å². The molecule has 6 aromatic carbocycles. The van der Waals surface area contributed by atoms with E-state index in [1.165, 1.54) is 49.9 Å². The van der Waals surface area contributed by atoms with Crippen LogP contribution in [-0.2, 0) is 0 Å². The van der Waals surface area contributed by atoms with Crippen LogP contribution in [0.2, 0.25) is 0 Å². The molecule has 0 radical (unpaired) electrons. The summed E-state index contributed by atoms with van der Waals surface area (Å²) in [4.78, 5) is 21.6. The van der Waals surface area contributed by atoms with Crippen molar-refractivity contribution in [2.75, 3.05) is 85.3 Å². The first-order valence-corrected chi connectivity index (χ1v) is 23.4. The Balaban J connectivity index is 0.000000289. The van der Waals surface area contributed by atoms with Crippen LogP contribution in [0.5, 0.6) is 69.0 Å². The fraction of sp³-hybridized carbons (Fsp3) is 0.357. The molecule has 0 atom stereocenters. The molecule has 0 aliphatic rings. The second-order valence-corrected chi connectivity index (χ2v) is 16.1. The maximum absolute atomic E-state index is 11.3. The third-order valence-corrected chi connectivity index (χ3v) is 12.0. The molecule has 18 nitrogen and oxygen atoms in total. The van der Waals surface area contributed by atoms with Gasteiger partial charge in [-0.3, -0.25) is 20.2 Å². The van der Waals surface area contributed by atoms with Gasteiger partial charge in [-0.15, -0.1) is 0 Å². The molecule has 6 rings (SSSR count). The van der Waals surface area contributed by atoms with Crippen LogP contribution in [0.1, 0.15) is 84.7 Å². The van der Waals surface area contributed by atoms with Gasteiger partial charge >= 0.3 is 0 Å². The Kier molecular flexibility index (Phi) is 22.6. The lowest BCUT2D eigenvalue weighted by atomic mass is 9.82. The molecule has 0 fully saturated rings. The maximum atomic E-state index is 11.3. The van der Waals surface area contributed by atoms with E-state index < -0.39 is 21.7 Å². The van der Waals surface area contributed by atoms with Crippen molar-refractivity contribution in [3.8, 4) is 69.0 Å². The van der Waals surface area contributed by atoms with Gasteiger partial charge in [0.15, 0.2) is 0 Å². The van der Waals surface area contributed by atoms with Crippen molar-refractivity contribution in [3.05, 3.63) is 151 Å². The second kappa shape index (κ2) is 28.7. The van der Waals surface area contributed by atoms with Crippen molar-refractivity contribution in [2.24, 2.45) is 0 Å². The Hall–Kier alpha value is -8.28. The normalized spacial score (nSPS) is 10.4. The molecular weight excluding hydrogens is 957 g/mol. The van der Waals surface area contributed by atoms with Gasteiger partial charge in [0.1, 0.15) is 69.0 Å². The summed E-state index contributed by atoms with van der Waals surface area (Å²) < 4.78 is 67.5. The first-order chi connectivity index (χ1) is 35.7. The molecule has 0 aromatic heterocycles. The molecule has 0 amide bonds. The predicted molar refractivity (Wildman–Crippen MR) is 282 cm³/mol. The van der Waals surface area contributed by atoms with Crippen LogP contribution in [0.15, 0.2) is 97.1 Å². The summed E-state index contributed by atoms with van der Waals surface area (Å²) in [7, 11) is 18.6. The van der Waals surface area contributed by atoms with Crippen LogP contribution in [0.3, 0.4) is 0 Å². The van der Waals surface area contributed by atoms with Crippen molar-refractivity contribution < 1.29 is 66.7 Å². The van der Waals surface area contributed by atoms with Gasteiger partial charge in [0.25, 0.3) is 11.4 Å². The third-order valence-electron chi connectivity index (χ3n) is 12.0. The standard InChI is InChI=1S/2C25H27NO8.C6H14/c2*1-29-17-11-19(31-3)24(20(12-17)32-4)23(15-7-9-16(10-8-15)26(27)28)25-21(33-5)13-18(30-2)14-22(25)34-6;1-3-5-6-4-2/h2*7-14,23H,1-6H3;3-6H2,1-2H3. The highest BCUT2D eigenvalue weighted by atomic mass is 16.6. The van der Waals surface area contributed by atoms with Gasteiger partial charge in [-0.05, 0) is 11.1 Å². The number of unbranched alkanes of at least 4 members (excludes halogenated alkanes) is 3. The van der Waals surface area contributed by atoms with Crippen LogP contribution >= 0.6 is 0 Å². The smallest absolute Gasteiger partial charge is 0.269 e. The Labute approximate surface area is 433 Å². The highest BCUT2D eigenvalue weighted by Crippen LogP contribution is 2.53. The van der Waals surface area contributed by atoms with Crippen LogP contribution in [0, 0.1) is 20.2 Å². The summed E-state index contributed by atoms with van der Waals surface area (Å²) in [5.41, 5.74) is 4.09. The minimum absolute atomic E-state index is 0.0233. The van der Waals surface area contributed by atoms with Crippen molar-refractivity contribution in [1.29, 1.82) is 0 Å². The van der Waals surface area contributed by atoms with Crippen LogP contribution in [0.25, 0.3) is 0 Å². The maximum Gasteiger partial charge on any atom is 0.269 e. The summed E-state index contributed by atoms with van der Waals surface area (Å²) in [6.45, 7) is 4.46. The van der Waals surface area contributed by atoms with E-state index in [2.05, 4.69) is 13.8 Å². The topological polar surface area (TPSA) is 197 Å². The molecule has 74 heavy (non-hydrogen) atoms. The Morgan fingerprint density at radius 3 is 0.662 bits per heavy atom. The predicted octanol–water partition coefficient (Wildman–Crippen LogP) is 12.2. The molecule has 398 valence electrons. The van der Waals surface area contributed by atoms with E-state index in [9.17, 15) is 20.2 Å². The highest BCUT2D eigenvalue weighted by Gasteiger charge is 2.34. The zero-order chi connectivity index (χ0) is 54.5. The number of hydrogen-bond acceptors (Lipinski definition) is 16. The van der Waals surface area contributed by atoms with Gasteiger partial charge in [-0.2, -0.15) is 0 Å². The van der Waals surface area contributed by atoms with E-state index in [1.54, 1.807) is 158 Å². The van der Waals surface area contributed by atoms with Gasteiger partial charge in [0.2, 0.25) is 0 Å². The Morgan fingerprint density at radius 2 is 0.527 bits per heavy atom. The number of methoxy groups -OCH3 is 12. The average Bonchev–Trinajstić information content (AvgIpc) is 3.44. The third kappa shape index (κ3) is 13.8. The molecule has 0 unspecified atom stereocenters. The monoisotopic (exact) mass is 1020 g/mol. The molecule has 0 bridgehead atoms. The molecule has 0 saturated carbocycles. The van der Waals surface area contributed by atoms with Gasteiger partial charge in [-0.25, -0.2) is 0 Å². The number of rotatable bonds is 23. The summed E-state index contributed by atoms with van der Waals surface area (Å²) in [5, 5.41) is 22.5. The fourth-order valence-corrected chi connectivity index (χ4v) is 8.30. The van der Waals surface area contributed by atoms with E-state index >= 15 is 0 Å². The minimum atomic E-state index is -0.549. The van der Waals surface area contributed by atoms with E-state index in [0.29, 0.717) is 91.2 Å². The van der Waals surface area contributed by atoms with Crippen molar-refractivity contribution in [3.63, 3.8) is 0 Å². The molecule has 18 heteroatoms. The lowest BCUT2D eigenvalue weighted by Crippen LogP contribution is -2.11. The summed E-state index contributed by atoms with van der Waals surface area (Å²) >= 11 is 0. The molecule has 0 heterocycles. The molecule has 0 N–H and O–H groups in total. The summed E-state index contributed by atoms with van der Waals surface area (Å²) in [6, 6.07) is 26.6. The molecule has 6 aromatic rings. The summed E-state index contributed by atoms with van der Waals surface area (Å²) in [5.74, 6) is 5.10. The fourth-order valence-electron chi connectivity index (χ4n) is 8.30. The van der Waals surface area contributed by atoms with Gasteiger partial charge in [-0.1, -0.05) is 63.8 Å². The second-order valence-electron chi connectivity index (χ2n) is 16.1. The molecule has 0 aliphatic carbocycles. The van der Waals surface area contributed by atoms with E-state index in [0.717, 1.165) is 11.1 Å². The molecule has 0 saturated heterocycles. The zero-order valence-electron chi connectivity index (χ0n) is 44.6. The number of ether oxygens (including phenoxy) is 12. The lowest BCUT2D eigenvalue weighted by Gasteiger charge is -2.27. The number of benzene rings is 6. The minimum Gasteiger partial charge on any atom is -0.496 e. The Morgan fingerprint density at radius 1 is 0.338 bits per heavy atom. The van der Waals surface area contributed by atoms with Crippen molar-refractivity contribution in [2.45, 2.75) is 51.4 Å². The Bertz CT molecular complexity index is 2350. The quantitative estimate of drug-likeness (QED) is 0.0254. The SMILES string of the molecule is CCCCCC.COc1cc(OC)c(C(c2ccc([N+](=O)[O-])cc2)c2c(OC)cc(OC)cc2OC)c(OC)c1.COc1cc(OC)c(C(c2ccc([N+](=O)[O-])cc2)c2c(OC)cc(OC)cc2OC)c(OC)c1. The van der Waals surface area contributed by atoms with Crippen molar-refractivity contribution >= 4 is 11.4 Å². The first kappa shape index (κ1) is 58.3. The average molecular weight is 1030 g/mol. The van der Waals surface area contributed by atoms with Gasteiger partial charge in [0.05, 0.1) is 95.2 Å². The zero-order valence-corrected chi connectivity index (χ0v) is 44.6. The number of nitro groups is 2.